The van der Waals surface area contributed by atoms with E-state index in [1.807, 2.05) is 37.3 Å². The van der Waals surface area contributed by atoms with Gasteiger partial charge in [-0.3, -0.25) is 14.8 Å². The van der Waals surface area contributed by atoms with Crippen molar-refractivity contribution in [2.45, 2.75) is 13.1 Å². The van der Waals surface area contributed by atoms with Crippen molar-refractivity contribution in [2.75, 3.05) is 17.3 Å². The summed E-state index contributed by atoms with van der Waals surface area (Å²) in [5.41, 5.74) is 9.85. The standard InChI is InChI=1S/C22H20N6O3/c1-12-17-11-13(3-8-18(17)27-26-12)24-21(29)20-25-22-16(9-10-31-22)19(23)28(20)14-4-6-15(30-2)7-5-14/h3-11,20H,23H2,1-2H3,(H,24,29)(H,26,27). The molecule has 1 aliphatic rings. The zero-order valence-electron chi connectivity index (χ0n) is 16.9. The lowest BCUT2D eigenvalue weighted by molar-refractivity contribution is -0.117. The number of aryl methyl sites for hydroxylation is 1. The summed E-state index contributed by atoms with van der Waals surface area (Å²) in [5, 5.41) is 11.7. The van der Waals surface area contributed by atoms with Gasteiger partial charge < -0.3 is 20.2 Å². The number of nitrogens with one attached hydrogen (secondary N) is 2. The highest BCUT2D eigenvalue weighted by Crippen LogP contribution is 2.26. The number of benzene rings is 2. The van der Waals surface area contributed by atoms with Crippen molar-refractivity contribution in [2.24, 2.45) is 10.7 Å². The van der Waals surface area contributed by atoms with Crippen LogP contribution in [0.1, 0.15) is 5.69 Å². The van der Waals surface area contributed by atoms with Crippen molar-refractivity contribution in [1.82, 2.24) is 10.2 Å². The summed E-state index contributed by atoms with van der Waals surface area (Å²) in [5.74, 6) is 0.733. The zero-order chi connectivity index (χ0) is 21.5. The number of methoxy groups -OCH3 is 1. The monoisotopic (exact) mass is 416 g/mol. The Bertz CT molecular complexity index is 1400. The van der Waals surface area contributed by atoms with Gasteiger partial charge in [0.15, 0.2) is 0 Å². The molecule has 1 atom stereocenters. The van der Waals surface area contributed by atoms with Gasteiger partial charge in [-0.2, -0.15) is 5.10 Å². The minimum atomic E-state index is -0.951. The third kappa shape index (κ3) is 3.16. The van der Waals surface area contributed by atoms with E-state index in [1.54, 1.807) is 30.2 Å². The Morgan fingerprint density at radius 3 is 2.81 bits per heavy atom. The molecule has 0 aliphatic carbocycles. The van der Waals surface area contributed by atoms with Crippen molar-refractivity contribution < 1.29 is 13.9 Å². The number of amides is 1. The molecule has 0 spiro atoms. The maximum absolute atomic E-state index is 13.3. The highest BCUT2D eigenvalue weighted by molar-refractivity contribution is 6.00. The van der Waals surface area contributed by atoms with Gasteiger partial charge in [-0.25, -0.2) is 4.99 Å². The second kappa shape index (κ2) is 7.21. The molecule has 9 heteroatoms. The number of aromatic nitrogens is 2. The molecule has 9 nitrogen and oxygen atoms in total. The lowest BCUT2D eigenvalue weighted by Gasteiger charge is -2.31. The van der Waals surface area contributed by atoms with Crippen LogP contribution in [0, 0.1) is 6.92 Å². The van der Waals surface area contributed by atoms with Crippen molar-refractivity contribution in [3.05, 3.63) is 71.3 Å². The molecular formula is C22H20N6O3. The van der Waals surface area contributed by atoms with Crippen LogP contribution in [-0.2, 0) is 4.79 Å². The summed E-state index contributed by atoms with van der Waals surface area (Å²) in [6.45, 7) is 1.90. The number of carbonyl (C=O) groups excluding carboxylic acids is 1. The van der Waals surface area contributed by atoms with Crippen LogP contribution in [-0.4, -0.2) is 29.4 Å². The quantitative estimate of drug-likeness (QED) is 0.465. The summed E-state index contributed by atoms with van der Waals surface area (Å²) in [7, 11) is 1.60. The number of nitrogens with two attached hydrogens (primary N) is 1. The summed E-state index contributed by atoms with van der Waals surface area (Å²) in [4.78, 5) is 19.5. The Morgan fingerprint density at radius 2 is 2.03 bits per heavy atom. The number of nitrogens with zero attached hydrogens (tertiary/aromatic N) is 3. The summed E-state index contributed by atoms with van der Waals surface area (Å²) in [6, 6.07) is 14.5. The number of aromatic amines is 1. The lowest BCUT2D eigenvalue weighted by atomic mass is 10.2. The molecule has 1 aliphatic heterocycles. The van der Waals surface area contributed by atoms with Crippen molar-refractivity contribution in [1.29, 1.82) is 0 Å². The topological polar surface area (TPSA) is 122 Å². The molecule has 31 heavy (non-hydrogen) atoms. The fraction of sp³-hybridized carbons (Fsp3) is 0.136. The zero-order valence-corrected chi connectivity index (χ0v) is 16.9. The van der Waals surface area contributed by atoms with E-state index >= 15 is 0 Å². The number of hydrogen-bond acceptors (Lipinski definition) is 7. The van der Waals surface area contributed by atoms with E-state index < -0.39 is 6.17 Å². The largest absolute Gasteiger partial charge is 0.497 e. The first-order chi connectivity index (χ1) is 15.0. The normalized spacial score (nSPS) is 15.5. The third-order valence-electron chi connectivity index (χ3n) is 5.27. The molecule has 3 heterocycles. The van der Waals surface area contributed by atoms with Crippen molar-refractivity contribution >= 4 is 34.0 Å². The number of carbonyl (C=O) groups is 1. The van der Waals surface area contributed by atoms with Crippen LogP contribution in [0.25, 0.3) is 16.7 Å². The Hall–Kier alpha value is -4.27. The van der Waals surface area contributed by atoms with Crippen LogP contribution in [0.15, 0.2) is 64.2 Å². The second-order valence-corrected chi connectivity index (χ2v) is 7.15. The molecule has 5 rings (SSSR count). The number of rotatable bonds is 4. The van der Waals surface area contributed by atoms with Crippen LogP contribution >= 0.6 is 0 Å². The van der Waals surface area contributed by atoms with Crippen LogP contribution < -0.4 is 31.5 Å². The van der Waals surface area contributed by atoms with Gasteiger partial charge in [-0.05, 0) is 55.5 Å². The fourth-order valence-corrected chi connectivity index (χ4v) is 3.66. The van der Waals surface area contributed by atoms with Gasteiger partial charge in [-0.15, -0.1) is 0 Å². The van der Waals surface area contributed by atoms with Crippen LogP contribution in [0.5, 0.6) is 5.75 Å². The maximum atomic E-state index is 13.3. The first-order valence-corrected chi connectivity index (χ1v) is 9.65. The average Bonchev–Trinajstić information content (AvgIpc) is 3.41. The van der Waals surface area contributed by atoms with E-state index in [0.29, 0.717) is 33.7 Å². The van der Waals surface area contributed by atoms with Gasteiger partial charge in [-0.1, -0.05) is 0 Å². The van der Waals surface area contributed by atoms with E-state index in [4.69, 9.17) is 14.9 Å². The number of furan rings is 1. The Morgan fingerprint density at radius 1 is 1.23 bits per heavy atom. The third-order valence-corrected chi connectivity index (χ3v) is 5.27. The SMILES string of the molecule is COc1ccc(N2C(N)=c3ccoc3=NC2C(=O)Nc2ccc3[nH]nc(C)c3c2)cc1. The van der Waals surface area contributed by atoms with Gasteiger partial charge >= 0.3 is 0 Å². The number of fused-ring (bicyclic) bond motifs is 2. The summed E-state index contributed by atoms with van der Waals surface area (Å²) in [6.07, 6.45) is 0.552. The van der Waals surface area contributed by atoms with E-state index in [9.17, 15) is 4.79 Å². The fourth-order valence-electron chi connectivity index (χ4n) is 3.66. The highest BCUT2D eigenvalue weighted by Gasteiger charge is 2.31. The molecule has 0 radical (unpaired) electrons. The Labute approximate surface area is 176 Å². The van der Waals surface area contributed by atoms with Gasteiger partial charge in [0.25, 0.3) is 5.91 Å². The van der Waals surface area contributed by atoms with Crippen LogP contribution in [0.4, 0.5) is 11.4 Å². The maximum Gasteiger partial charge on any atom is 0.270 e. The molecule has 2 aromatic carbocycles. The van der Waals surface area contributed by atoms with Gasteiger partial charge in [0.1, 0.15) is 11.6 Å². The van der Waals surface area contributed by atoms with Gasteiger partial charge in [0, 0.05) is 16.8 Å². The first-order valence-electron chi connectivity index (χ1n) is 9.65. The minimum absolute atomic E-state index is 0.323. The first kappa shape index (κ1) is 18.7. The van der Waals surface area contributed by atoms with Crippen LogP contribution in [0.2, 0.25) is 0 Å². The van der Waals surface area contributed by atoms with E-state index in [0.717, 1.165) is 16.6 Å². The lowest BCUT2D eigenvalue weighted by Crippen LogP contribution is -2.52. The molecule has 0 fully saturated rings. The molecule has 1 amide bonds. The minimum Gasteiger partial charge on any atom is -0.497 e. The second-order valence-electron chi connectivity index (χ2n) is 7.15. The van der Waals surface area contributed by atoms with Crippen molar-refractivity contribution in [3.63, 3.8) is 0 Å². The molecule has 0 bridgehead atoms. The van der Waals surface area contributed by atoms with E-state index in [-0.39, 0.29) is 5.91 Å². The molecule has 0 saturated carbocycles. The summed E-state index contributed by atoms with van der Waals surface area (Å²) < 4.78 is 10.7. The van der Waals surface area contributed by atoms with E-state index in [1.165, 1.54) is 6.26 Å². The smallest absolute Gasteiger partial charge is 0.270 e. The molecule has 2 aromatic heterocycles. The summed E-state index contributed by atoms with van der Waals surface area (Å²) >= 11 is 0. The average molecular weight is 416 g/mol. The molecule has 0 saturated heterocycles. The number of H-pyrrole nitrogens is 1. The van der Waals surface area contributed by atoms with Gasteiger partial charge in [0.05, 0.1) is 29.8 Å². The predicted octanol–water partition coefficient (Wildman–Crippen LogP) is 1.60. The predicted molar refractivity (Wildman–Crippen MR) is 116 cm³/mol. The van der Waals surface area contributed by atoms with E-state index in [2.05, 4.69) is 20.5 Å². The van der Waals surface area contributed by atoms with Crippen molar-refractivity contribution in [3.8, 4) is 5.75 Å². The molecular weight excluding hydrogens is 396 g/mol. The van der Waals surface area contributed by atoms with Crippen LogP contribution in [0.3, 0.4) is 0 Å². The molecule has 4 N–H and O–H groups in total. The molecule has 4 aromatic rings. The number of ether oxygens (including phenoxy) is 1. The van der Waals surface area contributed by atoms with Gasteiger partial charge in [0.2, 0.25) is 11.7 Å². The Balaban J connectivity index is 1.53. The highest BCUT2D eigenvalue weighted by atomic mass is 16.5. The number of anilines is 2. The Kier molecular flexibility index (Phi) is 4.36. The molecule has 1 unspecified atom stereocenters. The number of hydrogen-bond donors (Lipinski definition) is 3. The molecule has 156 valence electrons.